The van der Waals surface area contributed by atoms with Crippen molar-refractivity contribution in [3.8, 4) is 5.75 Å². The first-order chi connectivity index (χ1) is 25.6. The van der Waals surface area contributed by atoms with Gasteiger partial charge in [-0.3, -0.25) is 14.5 Å². The Balaban J connectivity index is 1.15. The summed E-state index contributed by atoms with van der Waals surface area (Å²) < 4.78 is 15.3. The Labute approximate surface area is 309 Å². The molecule has 3 atom stereocenters. The topological polar surface area (TPSA) is 119 Å². The standard InChI is InChI=1S/C39H48FN9O4/c1-4-16-47-26-36(51)48-34(19-28-10-13-32(50)14-11-28)38(52)46(25-35(48)49(47)39(53)41-20-29-8-6-5-7-9-29)22-30-12-15-33(40)37(42-30)45-23-31(24-45)44-18-17-43(3)27(2)21-44/h4-15,27,31,34-35,50H,1,16-26H2,2-3H3,(H,41,53)/t27-,34?,35?/m1/s1. The number of hydrogen-bond donors (Lipinski definition) is 2. The van der Waals surface area contributed by atoms with E-state index in [1.54, 1.807) is 46.3 Å². The number of phenols is 1. The largest absolute Gasteiger partial charge is 0.508 e. The summed E-state index contributed by atoms with van der Waals surface area (Å²) >= 11 is 0. The van der Waals surface area contributed by atoms with E-state index in [0.717, 1.165) is 30.8 Å². The van der Waals surface area contributed by atoms with Crippen LogP contribution in [0.1, 0.15) is 23.7 Å². The predicted molar refractivity (Wildman–Crippen MR) is 198 cm³/mol. The summed E-state index contributed by atoms with van der Waals surface area (Å²) in [6, 6.07) is 18.5. The molecule has 0 saturated carbocycles. The first kappa shape index (κ1) is 36.3. The van der Waals surface area contributed by atoms with Crippen molar-refractivity contribution < 1.29 is 23.9 Å². The fourth-order valence-corrected chi connectivity index (χ4v) is 7.80. The molecule has 280 valence electrons. The molecule has 4 aliphatic rings. The van der Waals surface area contributed by atoms with E-state index in [2.05, 4.69) is 35.7 Å². The highest BCUT2D eigenvalue weighted by atomic mass is 19.1. The lowest BCUT2D eigenvalue weighted by Crippen LogP contribution is -2.76. The molecule has 2 N–H and O–H groups in total. The maximum absolute atomic E-state index is 15.3. The molecule has 14 heteroatoms. The van der Waals surface area contributed by atoms with Gasteiger partial charge in [0, 0.05) is 64.3 Å². The molecule has 2 unspecified atom stereocenters. The van der Waals surface area contributed by atoms with Gasteiger partial charge in [-0.25, -0.2) is 24.2 Å². The molecule has 1 aromatic heterocycles. The molecule has 7 rings (SSSR count). The average molecular weight is 726 g/mol. The van der Waals surface area contributed by atoms with Crippen LogP contribution in [0.25, 0.3) is 0 Å². The number of rotatable bonds is 10. The van der Waals surface area contributed by atoms with E-state index >= 15 is 4.39 Å². The second kappa shape index (κ2) is 15.5. The Morgan fingerprint density at radius 1 is 1.00 bits per heavy atom. The molecule has 4 aliphatic heterocycles. The molecule has 0 spiro atoms. The molecule has 0 radical (unpaired) electrons. The lowest BCUT2D eigenvalue weighted by atomic mass is 9.98. The zero-order chi connectivity index (χ0) is 37.2. The highest BCUT2D eigenvalue weighted by Crippen LogP contribution is 2.31. The van der Waals surface area contributed by atoms with E-state index in [1.165, 1.54) is 16.0 Å². The number of amides is 4. The Morgan fingerprint density at radius 3 is 2.47 bits per heavy atom. The minimum absolute atomic E-state index is 0.0187. The first-order valence-corrected chi connectivity index (χ1v) is 18.3. The van der Waals surface area contributed by atoms with Crippen molar-refractivity contribution in [3.05, 3.63) is 102 Å². The van der Waals surface area contributed by atoms with Gasteiger partial charge in [-0.05, 0) is 49.4 Å². The van der Waals surface area contributed by atoms with Crippen LogP contribution >= 0.6 is 0 Å². The average Bonchev–Trinajstić information content (AvgIpc) is 3.12. The van der Waals surface area contributed by atoms with Crippen LogP contribution < -0.4 is 10.2 Å². The van der Waals surface area contributed by atoms with Gasteiger partial charge in [0.15, 0.2) is 11.6 Å². The van der Waals surface area contributed by atoms with Crippen LogP contribution in [0, 0.1) is 5.82 Å². The number of benzene rings is 2. The number of aromatic nitrogens is 1. The minimum atomic E-state index is -0.942. The van der Waals surface area contributed by atoms with E-state index in [-0.39, 0.29) is 62.5 Å². The Bertz CT molecular complexity index is 1810. The number of nitrogens with one attached hydrogen (secondary N) is 1. The minimum Gasteiger partial charge on any atom is -0.508 e. The second-order valence-corrected chi connectivity index (χ2v) is 14.5. The van der Waals surface area contributed by atoms with Crippen molar-refractivity contribution in [2.45, 2.75) is 50.7 Å². The van der Waals surface area contributed by atoms with E-state index in [4.69, 9.17) is 4.98 Å². The van der Waals surface area contributed by atoms with Crippen molar-refractivity contribution >= 4 is 23.7 Å². The molecular weight excluding hydrogens is 677 g/mol. The fraction of sp³-hybridized carbons (Fsp3) is 0.436. The van der Waals surface area contributed by atoms with Crippen molar-refractivity contribution in [3.63, 3.8) is 0 Å². The number of hydrazine groups is 1. The molecule has 53 heavy (non-hydrogen) atoms. The number of fused-ring (bicyclic) bond motifs is 1. The van der Waals surface area contributed by atoms with Crippen molar-refractivity contribution in [1.82, 2.24) is 39.9 Å². The maximum Gasteiger partial charge on any atom is 0.334 e. The van der Waals surface area contributed by atoms with Crippen molar-refractivity contribution in [2.75, 3.05) is 64.3 Å². The van der Waals surface area contributed by atoms with Gasteiger partial charge in [-0.1, -0.05) is 48.5 Å². The van der Waals surface area contributed by atoms with Crippen LogP contribution in [0.15, 0.2) is 79.4 Å². The SMILES string of the molecule is C=CCN1CC(=O)N2C(Cc3ccc(O)cc3)C(=O)N(Cc3ccc(F)c(N4CC(N5CCN(C)[C@H](C)C5)C4)n3)CC2N1C(=O)NCc1ccccc1. The lowest BCUT2D eigenvalue weighted by molar-refractivity contribution is -0.189. The highest BCUT2D eigenvalue weighted by Gasteiger charge is 2.51. The molecule has 5 heterocycles. The Morgan fingerprint density at radius 2 is 1.75 bits per heavy atom. The van der Waals surface area contributed by atoms with Gasteiger partial charge < -0.3 is 30.0 Å². The third-order valence-electron chi connectivity index (χ3n) is 10.9. The van der Waals surface area contributed by atoms with Gasteiger partial charge in [-0.15, -0.1) is 6.58 Å². The molecule has 4 saturated heterocycles. The number of carbonyl (C=O) groups is 3. The van der Waals surface area contributed by atoms with E-state index in [1.807, 2.05) is 35.2 Å². The summed E-state index contributed by atoms with van der Waals surface area (Å²) in [7, 11) is 2.14. The van der Waals surface area contributed by atoms with Crippen LogP contribution in [-0.2, 0) is 29.1 Å². The van der Waals surface area contributed by atoms with Crippen LogP contribution in [0.2, 0.25) is 0 Å². The van der Waals surface area contributed by atoms with Gasteiger partial charge in [-0.2, -0.15) is 0 Å². The second-order valence-electron chi connectivity index (χ2n) is 14.5. The number of nitrogens with zero attached hydrogens (tertiary/aromatic N) is 8. The van der Waals surface area contributed by atoms with Crippen molar-refractivity contribution in [2.24, 2.45) is 0 Å². The smallest absolute Gasteiger partial charge is 0.334 e. The predicted octanol–water partition coefficient (Wildman–Crippen LogP) is 2.49. The lowest BCUT2D eigenvalue weighted by Gasteiger charge is -2.55. The summed E-state index contributed by atoms with van der Waals surface area (Å²) in [6.07, 6.45) is 0.962. The number of likely N-dealkylation sites (N-methyl/N-ethyl adjacent to an activating group) is 1. The maximum atomic E-state index is 15.3. The first-order valence-electron chi connectivity index (χ1n) is 18.3. The number of urea groups is 1. The van der Waals surface area contributed by atoms with E-state index in [0.29, 0.717) is 30.9 Å². The summed E-state index contributed by atoms with van der Waals surface area (Å²) in [5.41, 5.74) is 2.16. The van der Waals surface area contributed by atoms with Gasteiger partial charge in [0.1, 0.15) is 18.0 Å². The number of aromatic hydroxyl groups is 1. The molecule has 13 nitrogen and oxygen atoms in total. The summed E-state index contributed by atoms with van der Waals surface area (Å²) in [4.78, 5) is 57.0. The van der Waals surface area contributed by atoms with Gasteiger partial charge in [0.05, 0.1) is 25.3 Å². The summed E-state index contributed by atoms with van der Waals surface area (Å²) in [5, 5.41) is 16.1. The number of pyridine rings is 1. The number of hydrogen-bond acceptors (Lipinski definition) is 9. The third-order valence-corrected chi connectivity index (χ3v) is 10.9. The van der Waals surface area contributed by atoms with Gasteiger partial charge in [0.25, 0.3) is 0 Å². The Hall–Kier alpha value is -5.05. The Kier molecular flexibility index (Phi) is 10.6. The van der Waals surface area contributed by atoms with Gasteiger partial charge in [0.2, 0.25) is 11.8 Å². The summed E-state index contributed by atoms with van der Waals surface area (Å²) in [6.45, 7) is 10.8. The number of phenolic OH excluding ortho intramolecular Hbond substituents is 1. The highest BCUT2D eigenvalue weighted by molar-refractivity contribution is 5.91. The van der Waals surface area contributed by atoms with E-state index in [9.17, 15) is 19.5 Å². The normalized spacial score (nSPS) is 23.2. The molecule has 0 aliphatic carbocycles. The van der Waals surface area contributed by atoms with Crippen LogP contribution in [-0.4, -0.2) is 141 Å². The molecule has 4 amide bonds. The van der Waals surface area contributed by atoms with E-state index < -0.39 is 24.1 Å². The zero-order valence-electron chi connectivity index (χ0n) is 30.4. The zero-order valence-corrected chi connectivity index (χ0v) is 30.4. The van der Waals surface area contributed by atoms with Gasteiger partial charge >= 0.3 is 6.03 Å². The molecule has 2 aromatic carbocycles. The number of carbonyl (C=O) groups excluding carboxylic acids is 3. The third kappa shape index (κ3) is 7.71. The van der Waals surface area contributed by atoms with Crippen LogP contribution in [0.5, 0.6) is 5.75 Å². The quantitative estimate of drug-likeness (QED) is 0.304. The molecule has 3 aromatic rings. The van der Waals surface area contributed by atoms with Crippen LogP contribution in [0.4, 0.5) is 15.0 Å². The number of piperazine rings is 2. The fourth-order valence-electron chi connectivity index (χ4n) is 7.80. The molecule has 4 fully saturated rings. The molecule has 0 bridgehead atoms. The number of halogens is 1. The molecular formula is C39H48FN9O4. The monoisotopic (exact) mass is 725 g/mol. The van der Waals surface area contributed by atoms with Crippen molar-refractivity contribution in [1.29, 1.82) is 0 Å². The van der Waals surface area contributed by atoms with Crippen LogP contribution in [0.3, 0.4) is 0 Å². The number of anilines is 1. The summed E-state index contributed by atoms with van der Waals surface area (Å²) in [5.74, 6) is -0.655.